The van der Waals surface area contributed by atoms with Gasteiger partial charge in [0.05, 0.1) is 12.4 Å². The quantitative estimate of drug-likeness (QED) is 0.360. The van der Waals surface area contributed by atoms with Gasteiger partial charge in [-0.05, 0) is 11.6 Å². The van der Waals surface area contributed by atoms with Gasteiger partial charge in [-0.1, -0.05) is 0 Å². The van der Waals surface area contributed by atoms with E-state index < -0.39 is 0 Å². The third-order valence-electron chi connectivity index (χ3n) is 1.43. The molecule has 4 nitrogen and oxygen atoms in total. The Morgan fingerprint density at radius 3 is 2.85 bits per heavy atom. The van der Waals surface area contributed by atoms with Gasteiger partial charge in [-0.25, -0.2) is 9.55 Å². The molecule has 2 heterocycles. The molecule has 1 aromatic rings. The first kappa shape index (κ1) is 9.95. The van der Waals surface area contributed by atoms with Crippen LogP contribution in [0.4, 0.5) is 0 Å². The summed E-state index contributed by atoms with van der Waals surface area (Å²) in [5, 5.41) is 0.532. The molecule has 0 radical (unpaired) electrons. The summed E-state index contributed by atoms with van der Waals surface area (Å²) in [7, 11) is 0. The molecule has 2 rings (SSSR count). The Kier molecular flexibility index (Phi) is 3.22. The molecule has 0 fully saturated rings. The van der Waals surface area contributed by atoms with E-state index in [9.17, 15) is 0 Å². The van der Waals surface area contributed by atoms with Crippen molar-refractivity contribution < 1.29 is 17.0 Å². The van der Waals surface area contributed by atoms with E-state index in [0.29, 0.717) is 5.29 Å². The highest BCUT2D eigenvalue weighted by molar-refractivity contribution is 6.63. The number of aliphatic imine (C=N–C) groups is 1. The zero-order chi connectivity index (χ0) is 8.39. The molecular formula is C7H6Cl2N4. The van der Waals surface area contributed by atoms with Crippen LogP contribution < -0.4 is 12.4 Å². The number of hydrogen-bond acceptors (Lipinski definition) is 2. The fraction of sp³-hybridized carbons (Fsp3) is 0. The van der Waals surface area contributed by atoms with E-state index in [-0.39, 0.29) is 12.4 Å². The smallest absolute Gasteiger partial charge is 0.310 e. The van der Waals surface area contributed by atoms with Crippen LogP contribution in [0.3, 0.4) is 0 Å². The summed E-state index contributed by atoms with van der Waals surface area (Å²) in [6.45, 7) is 0. The molecule has 1 aliphatic heterocycles. The van der Waals surface area contributed by atoms with Gasteiger partial charge in [0.1, 0.15) is 12.4 Å². The number of halogens is 2. The maximum absolute atomic E-state index is 5.98. The van der Waals surface area contributed by atoms with Crippen molar-refractivity contribution in [2.75, 3.05) is 0 Å². The normalized spacial score (nSPS) is 17.3. The molecule has 0 unspecified atom stereocenters. The predicted molar refractivity (Wildman–Crippen MR) is 46.4 cm³/mol. The molecule has 68 valence electrons. The average Bonchev–Trinajstić information content (AvgIpc) is 2.77. The summed E-state index contributed by atoms with van der Waals surface area (Å²) < 4.78 is 3.40. The Balaban J connectivity index is 0.000000845. The second-order valence-electron chi connectivity index (χ2n) is 2.21. The van der Waals surface area contributed by atoms with Crippen LogP contribution in [0.15, 0.2) is 36.1 Å². The zero-order valence-electron chi connectivity index (χ0n) is 6.51. The van der Waals surface area contributed by atoms with Crippen molar-refractivity contribution in [3.05, 3.63) is 31.1 Å². The molecule has 0 saturated carbocycles. The zero-order valence-corrected chi connectivity index (χ0v) is 8.02. The highest BCUT2D eigenvalue weighted by atomic mass is 35.5. The molecule has 1 aromatic heterocycles. The van der Waals surface area contributed by atoms with Crippen molar-refractivity contribution >= 4 is 23.2 Å². The Hall–Kier alpha value is -1.13. The number of nitrogens with zero attached hydrogens (tertiary/aromatic N) is 4. The molecule has 0 aliphatic carbocycles. The summed E-state index contributed by atoms with van der Waals surface area (Å²) >= 11 is 5.98. The molecule has 0 N–H and O–H groups in total. The van der Waals surface area contributed by atoms with Gasteiger partial charge in [-0.3, -0.25) is 0 Å². The number of aromatic nitrogens is 2. The standard InChI is InChI=1S/C7H6ClN4.ClH/c8-7(11-3-1-9-5-11)12-4-2-10-6-12;/h1-6H;1H/q+1;/p-1. The number of rotatable bonds is 0. The van der Waals surface area contributed by atoms with Crippen LogP contribution in [-0.2, 0) is 0 Å². The number of imidazole rings is 1. The third-order valence-corrected chi connectivity index (χ3v) is 1.83. The molecule has 0 spiro atoms. The Morgan fingerprint density at radius 1 is 1.46 bits per heavy atom. The maximum atomic E-state index is 5.98. The number of hydrogen-bond donors (Lipinski definition) is 0. The van der Waals surface area contributed by atoms with Gasteiger partial charge in [-0.15, -0.1) is 4.99 Å². The van der Waals surface area contributed by atoms with E-state index >= 15 is 0 Å². The van der Waals surface area contributed by atoms with Gasteiger partial charge < -0.3 is 12.4 Å². The van der Waals surface area contributed by atoms with Gasteiger partial charge in [0.2, 0.25) is 6.34 Å². The average molecular weight is 217 g/mol. The molecule has 0 aromatic carbocycles. The summed E-state index contributed by atoms with van der Waals surface area (Å²) in [6, 6.07) is 0. The van der Waals surface area contributed by atoms with E-state index in [0.717, 1.165) is 0 Å². The topological polar surface area (TPSA) is 33.2 Å². The van der Waals surface area contributed by atoms with Crippen LogP contribution in [0.25, 0.3) is 0 Å². The van der Waals surface area contributed by atoms with Crippen molar-refractivity contribution in [3.8, 4) is 0 Å². The van der Waals surface area contributed by atoms with Crippen molar-refractivity contribution in [3.63, 3.8) is 0 Å². The minimum Gasteiger partial charge on any atom is -1.00 e. The molecule has 1 aliphatic rings. The Morgan fingerprint density at radius 2 is 2.31 bits per heavy atom. The molecule has 0 amide bonds. The van der Waals surface area contributed by atoms with E-state index in [4.69, 9.17) is 11.6 Å². The van der Waals surface area contributed by atoms with Crippen LogP contribution >= 0.6 is 11.6 Å². The molecule has 6 heteroatoms. The first-order valence-electron chi connectivity index (χ1n) is 3.37. The summed E-state index contributed by atoms with van der Waals surface area (Å²) in [5.74, 6) is 0. The van der Waals surface area contributed by atoms with Crippen LogP contribution in [0.2, 0.25) is 0 Å². The Labute approximate surface area is 86.3 Å². The molecule has 0 atom stereocenters. The van der Waals surface area contributed by atoms with Crippen molar-refractivity contribution in [1.82, 2.24) is 9.55 Å². The minimum absolute atomic E-state index is 0. The second kappa shape index (κ2) is 4.20. The van der Waals surface area contributed by atoms with E-state index in [1.807, 2.05) is 0 Å². The summed E-state index contributed by atoms with van der Waals surface area (Å²) in [6.07, 6.45) is 10.1. The third kappa shape index (κ3) is 1.96. The van der Waals surface area contributed by atoms with Crippen molar-refractivity contribution in [2.24, 2.45) is 4.99 Å². The van der Waals surface area contributed by atoms with Gasteiger partial charge in [-0.2, -0.15) is 4.58 Å². The fourth-order valence-electron chi connectivity index (χ4n) is 0.870. The lowest BCUT2D eigenvalue weighted by molar-refractivity contribution is -0.308. The second-order valence-corrected chi connectivity index (χ2v) is 2.55. The summed E-state index contributed by atoms with van der Waals surface area (Å²) in [5.41, 5.74) is 0. The van der Waals surface area contributed by atoms with E-state index in [1.165, 1.54) is 0 Å². The van der Waals surface area contributed by atoms with E-state index in [1.54, 1.807) is 46.6 Å². The first-order valence-corrected chi connectivity index (χ1v) is 3.75. The molecular weight excluding hydrogens is 211 g/mol. The van der Waals surface area contributed by atoms with Crippen LogP contribution in [0.5, 0.6) is 0 Å². The highest BCUT2D eigenvalue weighted by Crippen LogP contribution is 1.96. The van der Waals surface area contributed by atoms with Gasteiger partial charge in [0.25, 0.3) is 0 Å². The maximum Gasteiger partial charge on any atom is 0.310 e. The van der Waals surface area contributed by atoms with E-state index in [2.05, 4.69) is 9.98 Å². The van der Waals surface area contributed by atoms with Crippen LogP contribution in [0.1, 0.15) is 0 Å². The molecule has 13 heavy (non-hydrogen) atoms. The van der Waals surface area contributed by atoms with Gasteiger partial charge in [0, 0.05) is 0 Å². The monoisotopic (exact) mass is 216 g/mol. The lowest BCUT2D eigenvalue weighted by Crippen LogP contribution is -3.00. The minimum atomic E-state index is 0. The Bertz CT molecular complexity index is 350. The lowest BCUT2D eigenvalue weighted by Gasteiger charge is -1.93. The van der Waals surface area contributed by atoms with Crippen molar-refractivity contribution in [2.45, 2.75) is 0 Å². The molecule has 0 saturated heterocycles. The first-order chi connectivity index (χ1) is 5.88. The van der Waals surface area contributed by atoms with Crippen LogP contribution in [-0.4, -0.2) is 25.8 Å². The fourth-order valence-corrected chi connectivity index (χ4v) is 1.07. The van der Waals surface area contributed by atoms with Gasteiger partial charge >= 0.3 is 5.29 Å². The summed E-state index contributed by atoms with van der Waals surface area (Å²) in [4.78, 5) is 7.75. The largest absolute Gasteiger partial charge is 1.00 e. The molecule has 0 bridgehead atoms. The van der Waals surface area contributed by atoms with Crippen molar-refractivity contribution in [1.29, 1.82) is 0 Å². The van der Waals surface area contributed by atoms with Crippen LogP contribution in [0, 0.1) is 0 Å². The SMILES string of the molecule is ClC(n1ccnc1)=[N+]1C=CN=C1.[Cl-]. The highest BCUT2D eigenvalue weighted by Gasteiger charge is 2.09. The van der Waals surface area contributed by atoms with Gasteiger partial charge in [0.15, 0.2) is 6.33 Å². The predicted octanol–water partition coefficient (Wildman–Crippen LogP) is -2.14. The lowest BCUT2D eigenvalue weighted by atomic mass is 10.8.